The number of alkyl halides is 1. The molecule has 0 aromatic carbocycles. The number of anilines is 1. The minimum Gasteiger partial charge on any atom is -0.372 e. The lowest BCUT2D eigenvalue weighted by molar-refractivity contribution is -0.109. The third-order valence-electron chi connectivity index (χ3n) is 3.52. The lowest BCUT2D eigenvalue weighted by Crippen LogP contribution is -2.09. The van der Waals surface area contributed by atoms with Crippen LogP contribution < -0.4 is 10.6 Å². The fraction of sp³-hybridized carbons (Fsp3) is 0.611. The minimum atomic E-state index is 0.429. The molecule has 0 atom stereocenters. The lowest BCUT2D eigenvalue weighted by Gasteiger charge is -2.10. The Morgan fingerprint density at radius 1 is 1.27 bits per heavy atom. The first kappa shape index (κ1) is 24.6. The third kappa shape index (κ3) is 8.79. The Kier molecular flexibility index (Phi) is 14.9. The molecule has 1 saturated carbocycles. The summed E-state index contributed by atoms with van der Waals surface area (Å²) >= 11 is 2.15. The molecule has 26 heavy (non-hydrogen) atoms. The van der Waals surface area contributed by atoms with Gasteiger partial charge in [-0.25, -0.2) is 9.50 Å². The van der Waals surface area contributed by atoms with E-state index in [2.05, 4.69) is 43.3 Å². The maximum Gasteiger partial charge on any atom is 0.206 e. The summed E-state index contributed by atoms with van der Waals surface area (Å²) in [5.41, 5.74) is 1.80. The van der Waals surface area contributed by atoms with E-state index in [1.165, 1.54) is 25.7 Å². The van der Waals surface area contributed by atoms with Gasteiger partial charge in [0, 0.05) is 14.1 Å². The predicted molar refractivity (Wildman–Crippen MR) is 116 cm³/mol. The van der Waals surface area contributed by atoms with Crippen LogP contribution in [0.25, 0.3) is 5.65 Å². The summed E-state index contributed by atoms with van der Waals surface area (Å²) < 4.78 is 7.65. The van der Waals surface area contributed by atoms with Crippen molar-refractivity contribution in [1.29, 1.82) is 0 Å². The summed E-state index contributed by atoms with van der Waals surface area (Å²) in [5, 5.41) is 9.75. The van der Waals surface area contributed by atoms with Crippen molar-refractivity contribution < 1.29 is 9.53 Å². The summed E-state index contributed by atoms with van der Waals surface area (Å²) in [6.07, 6.45) is 7.91. The molecular weight excluding hydrogens is 445 g/mol. The van der Waals surface area contributed by atoms with E-state index in [9.17, 15) is 0 Å². The number of nitrogens with zero attached hydrogens (tertiary/aromatic N) is 3. The van der Waals surface area contributed by atoms with Gasteiger partial charge in [0.2, 0.25) is 6.41 Å². The number of imidazole rings is 1. The molecule has 2 aromatic rings. The van der Waals surface area contributed by atoms with E-state index in [1.54, 1.807) is 11.6 Å². The Hall–Kier alpha value is -1.42. The van der Waals surface area contributed by atoms with Crippen LogP contribution in [0.15, 0.2) is 18.3 Å². The second-order valence-corrected chi connectivity index (χ2v) is 5.13. The smallest absolute Gasteiger partial charge is 0.206 e. The van der Waals surface area contributed by atoms with Gasteiger partial charge in [-0.2, -0.15) is 5.10 Å². The second kappa shape index (κ2) is 15.8. The van der Waals surface area contributed by atoms with Gasteiger partial charge < -0.3 is 15.4 Å². The molecule has 3 rings (SSSR count). The van der Waals surface area contributed by atoms with Gasteiger partial charge in [-0.05, 0) is 29.9 Å². The molecule has 1 aliphatic rings. The van der Waals surface area contributed by atoms with E-state index in [-0.39, 0.29) is 0 Å². The number of nitrogens with one attached hydrogen (secondary N) is 2. The highest BCUT2D eigenvalue weighted by molar-refractivity contribution is 14.1. The molecule has 1 aliphatic carbocycles. The Bertz CT molecular complexity index is 600. The zero-order valence-electron chi connectivity index (χ0n) is 16.5. The number of aromatic nitrogens is 3. The molecule has 8 heteroatoms. The summed E-state index contributed by atoms with van der Waals surface area (Å²) in [7, 11) is 3.42. The summed E-state index contributed by atoms with van der Waals surface area (Å²) in [4.78, 5) is 15.4. The van der Waals surface area contributed by atoms with Gasteiger partial charge in [-0.3, -0.25) is 4.79 Å². The van der Waals surface area contributed by atoms with E-state index in [1.807, 2.05) is 44.2 Å². The van der Waals surface area contributed by atoms with Crippen LogP contribution in [0, 0.1) is 0 Å². The van der Waals surface area contributed by atoms with Crippen molar-refractivity contribution in [3.8, 4) is 0 Å². The average Bonchev–Trinajstić information content (AvgIpc) is 3.38. The van der Waals surface area contributed by atoms with Crippen molar-refractivity contribution in [3.63, 3.8) is 0 Å². The Morgan fingerprint density at radius 3 is 2.42 bits per heavy atom. The van der Waals surface area contributed by atoms with E-state index in [0.717, 1.165) is 17.2 Å². The molecular formula is C18H32IN5O2. The van der Waals surface area contributed by atoms with Gasteiger partial charge in [0.05, 0.1) is 24.6 Å². The first-order valence-corrected chi connectivity index (χ1v) is 11.1. The van der Waals surface area contributed by atoms with Crippen LogP contribution in [0.1, 0.15) is 45.2 Å². The third-order valence-corrected chi connectivity index (χ3v) is 3.52. The van der Waals surface area contributed by atoms with Crippen LogP contribution in [0.2, 0.25) is 0 Å². The van der Waals surface area contributed by atoms with Crippen molar-refractivity contribution in [1.82, 2.24) is 19.9 Å². The van der Waals surface area contributed by atoms with E-state index in [4.69, 9.17) is 9.53 Å². The topological polar surface area (TPSA) is 80.6 Å². The summed E-state index contributed by atoms with van der Waals surface area (Å²) in [6, 6.07) is 3.96. The zero-order chi connectivity index (χ0) is 19.8. The number of hydrogen-bond donors (Lipinski definition) is 2. The van der Waals surface area contributed by atoms with Crippen LogP contribution in [-0.2, 0) is 16.1 Å². The van der Waals surface area contributed by atoms with E-state index >= 15 is 0 Å². The highest BCUT2D eigenvalue weighted by Crippen LogP contribution is 2.21. The van der Waals surface area contributed by atoms with Crippen LogP contribution in [-0.4, -0.2) is 46.1 Å². The molecule has 0 spiro atoms. The van der Waals surface area contributed by atoms with Gasteiger partial charge in [0.25, 0.3) is 0 Å². The Morgan fingerprint density at radius 2 is 1.88 bits per heavy atom. The fourth-order valence-electron chi connectivity index (χ4n) is 2.38. The Balaban J connectivity index is 0.000000680. The maximum atomic E-state index is 9.06. The van der Waals surface area contributed by atoms with Gasteiger partial charge >= 0.3 is 0 Å². The quantitative estimate of drug-likeness (QED) is 0.390. The van der Waals surface area contributed by atoms with Gasteiger partial charge in [-0.1, -0.05) is 49.3 Å². The predicted octanol–water partition coefficient (Wildman–Crippen LogP) is 3.67. The highest BCUT2D eigenvalue weighted by atomic mass is 127. The van der Waals surface area contributed by atoms with E-state index in [0.29, 0.717) is 19.1 Å². The van der Waals surface area contributed by atoms with Crippen LogP contribution in [0.5, 0.6) is 0 Å². The molecule has 2 aromatic heterocycles. The number of fused-ring (bicyclic) bond motifs is 1. The summed E-state index contributed by atoms with van der Waals surface area (Å²) in [6.45, 7) is 4.59. The number of rotatable bonds is 5. The molecule has 0 unspecified atom stereocenters. The van der Waals surface area contributed by atoms with Gasteiger partial charge in [-0.15, -0.1) is 0 Å². The molecule has 1 amide bonds. The first-order chi connectivity index (χ1) is 12.8. The fourth-order valence-corrected chi connectivity index (χ4v) is 2.38. The normalized spacial score (nSPS) is 12.7. The Labute approximate surface area is 170 Å². The van der Waals surface area contributed by atoms with Crippen molar-refractivity contribution in [2.45, 2.75) is 52.2 Å². The molecule has 148 valence electrons. The highest BCUT2D eigenvalue weighted by Gasteiger charge is 2.15. The zero-order valence-corrected chi connectivity index (χ0v) is 18.6. The molecule has 2 N–H and O–H groups in total. The number of hydrogen-bond acceptors (Lipinski definition) is 5. The maximum absolute atomic E-state index is 9.06. The lowest BCUT2D eigenvalue weighted by atomic mass is 10.3. The number of amides is 1. The van der Waals surface area contributed by atoms with Crippen molar-refractivity contribution in [3.05, 3.63) is 24.0 Å². The monoisotopic (exact) mass is 477 g/mol. The summed E-state index contributed by atoms with van der Waals surface area (Å²) in [5.74, 6) is 0.830. The molecule has 1 fully saturated rings. The molecule has 0 bridgehead atoms. The first-order valence-electron chi connectivity index (χ1n) is 8.90. The SMILES string of the molecule is CC.CI.CNC=O.CNc1cn2nc(COC3CCCC3)ccc2n1. The van der Waals surface area contributed by atoms with Crippen LogP contribution in [0.4, 0.5) is 5.82 Å². The molecule has 0 radical (unpaired) electrons. The van der Waals surface area contributed by atoms with E-state index < -0.39 is 0 Å². The molecule has 0 saturated heterocycles. The second-order valence-electron chi connectivity index (χ2n) is 5.13. The van der Waals surface area contributed by atoms with Crippen LogP contribution >= 0.6 is 22.6 Å². The van der Waals surface area contributed by atoms with Crippen LogP contribution in [0.3, 0.4) is 0 Å². The number of carbonyl (C=O) groups is 1. The molecule has 0 aliphatic heterocycles. The van der Waals surface area contributed by atoms with Crippen molar-refractivity contribution >= 4 is 40.5 Å². The van der Waals surface area contributed by atoms with Crippen molar-refractivity contribution in [2.75, 3.05) is 24.3 Å². The van der Waals surface area contributed by atoms with Crippen molar-refractivity contribution in [2.24, 2.45) is 0 Å². The average molecular weight is 477 g/mol. The molecule has 2 heterocycles. The number of ether oxygens (including phenoxy) is 1. The van der Waals surface area contributed by atoms with Gasteiger partial charge in [0.15, 0.2) is 5.65 Å². The number of carbonyl (C=O) groups excluding carboxylic acids is 1. The number of halogens is 1. The minimum absolute atomic E-state index is 0.429. The standard InChI is InChI=1S/C13H18N4O.C2H5NO.C2H6.CH3I/c1-14-12-8-17-13(15-12)7-6-10(16-17)9-18-11-4-2-3-5-11;1-3-2-4;2*1-2/h6-8,11,14H,2-5,9H2,1H3;2H,1H3,(H,3,4);1-2H3;1H3. The molecule has 7 nitrogen and oxygen atoms in total. The van der Waals surface area contributed by atoms with Gasteiger partial charge in [0.1, 0.15) is 5.82 Å². The largest absolute Gasteiger partial charge is 0.372 e.